The first kappa shape index (κ1) is 14.0. The van der Waals surface area contributed by atoms with Gasteiger partial charge in [0.05, 0.1) is 5.03 Å². The Labute approximate surface area is 139 Å². The van der Waals surface area contributed by atoms with Gasteiger partial charge in [0.2, 0.25) is 0 Å². The number of nitrogens with zero attached hydrogens (tertiary/aromatic N) is 1. The van der Waals surface area contributed by atoms with Gasteiger partial charge in [-0.2, -0.15) is 0 Å². The highest BCUT2D eigenvalue weighted by Crippen LogP contribution is 2.46. The van der Waals surface area contributed by atoms with Gasteiger partial charge in [0, 0.05) is 34.1 Å². The van der Waals surface area contributed by atoms with Crippen LogP contribution in [0.2, 0.25) is 5.02 Å². The topological polar surface area (TPSA) is 4.93 Å². The van der Waals surface area contributed by atoms with Gasteiger partial charge in [-0.1, -0.05) is 61.0 Å². The predicted molar refractivity (Wildman–Crippen MR) is 95.6 cm³/mol. The van der Waals surface area contributed by atoms with Gasteiger partial charge in [-0.3, -0.25) is 0 Å². The predicted octanol–water partition coefficient (Wildman–Crippen LogP) is 5.97. The van der Waals surface area contributed by atoms with Crippen LogP contribution in [0.5, 0.6) is 0 Å². The van der Waals surface area contributed by atoms with Crippen LogP contribution >= 0.6 is 23.4 Å². The number of aromatic nitrogens is 1. The molecule has 3 aromatic rings. The summed E-state index contributed by atoms with van der Waals surface area (Å²) in [5.41, 5.74) is 5.13. The Morgan fingerprint density at radius 2 is 1.73 bits per heavy atom. The van der Waals surface area contributed by atoms with Gasteiger partial charge in [-0.15, -0.1) is 11.8 Å². The Morgan fingerprint density at radius 1 is 1.00 bits per heavy atom. The second kappa shape index (κ2) is 5.53. The van der Waals surface area contributed by atoms with Crippen LogP contribution in [0.3, 0.4) is 0 Å². The molecule has 0 spiro atoms. The van der Waals surface area contributed by atoms with Crippen LogP contribution in [0.15, 0.2) is 65.8 Å². The highest BCUT2D eigenvalue weighted by molar-refractivity contribution is 8.00. The largest absolute Gasteiger partial charge is 0.341 e. The maximum atomic E-state index is 6.04. The van der Waals surface area contributed by atoms with Crippen LogP contribution in [-0.2, 0) is 6.54 Å². The molecule has 0 radical (unpaired) electrons. The molecule has 0 saturated carbocycles. The molecule has 0 fully saturated rings. The number of hydrogen-bond donors (Lipinski definition) is 0. The minimum absolute atomic E-state index is 0.636. The zero-order valence-corrected chi connectivity index (χ0v) is 13.9. The van der Waals surface area contributed by atoms with Gasteiger partial charge >= 0.3 is 0 Å². The first-order valence-electron chi connectivity index (χ1n) is 7.43. The quantitative estimate of drug-likeness (QED) is 0.562. The molecule has 22 heavy (non-hydrogen) atoms. The molecule has 4 rings (SSSR count). The lowest BCUT2D eigenvalue weighted by Gasteiger charge is -2.08. The van der Waals surface area contributed by atoms with Gasteiger partial charge in [-0.05, 0) is 23.3 Å². The van der Waals surface area contributed by atoms with E-state index in [1.165, 1.54) is 27.3 Å². The van der Waals surface area contributed by atoms with Crippen molar-refractivity contribution in [3.63, 3.8) is 0 Å². The summed E-state index contributed by atoms with van der Waals surface area (Å²) in [4.78, 5) is 0. The molecule has 2 heterocycles. The summed E-state index contributed by atoms with van der Waals surface area (Å²) in [7, 11) is 0. The zero-order chi connectivity index (χ0) is 15.1. The smallest absolute Gasteiger partial charge is 0.0837 e. The summed E-state index contributed by atoms with van der Waals surface area (Å²) in [5.74, 6) is 0. The van der Waals surface area contributed by atoms with Gasteiger partial charge in [0.15, 0.2) is 0 Å². The second-order valence-corrected chi connectivity index (χ2v) is 7.54. The minimum atomic E-state index is 0.636. The van der Waals surface area contributed by atoms with Crippen LogP contribution in [-0.4, -0.2) is 9.82 Å². The van der Waals surface area contributed by atoms with E-state index >= 15 is 0 Å². The first-order chi connectivity index (χ1) is 10.7. The fraction of sp³-hybridized carbons (Fsp3) is 0.158. The monoisotopic (exact) mass is 325 g/mol. The van der Waals surface area contributed by atoms with Crippen molar-refractivity contribution in [1.29, 1.82) is 0 Å². The SMILES string of the molecule is C[C@@H]1Cn2cc(-c3ccc(Cl)cc3)c(-c3ccccc3)c2S1. The number of hydrogen-bond acceptors (Lipinski definition) is 1. The van der Waals surface area contributed by atoms with Crippen molar-refractivity contribution >= 4 is 23.4 Å². The van der Waals surface area contributed by atoms with Crippen molar-refractivity contribution in [2.24, 2.45) is 0 Å². The van der Waals surface area contributed by atoms with E-state index in [0.717, 1.165) is 11.6 Å². The number of thioether (sulfide) groups is 1. The average Bonchev–Trinajstić information content (AvgIpc) is 3.04. The van der Waals surface area contributed by atoms with Crippen molar-refractivity contribution in [3.05, 3.63) is 65.8 Å². The molecule has 110 valence electrons. The van der Waals surface area contributed by atoms with E-state index in [9.17, 15) is 0 Å². The summed E-state index contributed by atoms with van der Waals surface area (Å²) in [6.45, 7) is 3.36. The summed E-state index contributed by atoms with van der Waals surface area (Å²) in [6.07, 6.45) is 2.29. The second-order valence-electron chi connectivity index (χ2n) is 5.68. The van der Waals surface area contributed by atoms with E-state index in [-0.39, 0.29) is 0 Å². The summed E-state index contributed by atoms with van der Waals surface area (Å²) in [6, 6.07) is 18.8. The molecular formula is C19H16ClNS. The third-order valence-electron chi connectivity index (χ3n) is 4.01. The molecule has 0 saturated heterocycles. The van der Waals surface area contributed by atoms with E-state index in [2.05, 4.69) is 60.2 Å². The fourth-order valence-corrected chi connectivity index (χ4v) is 4.39. The molecule has 1 aromatic heterocycles. The van der Waals surface area contributed by atoms with Gasteiger partial charge < -0.3 is 4.57 Å². The van der Waals surface area contributed by atoms with Gasteiger partial charge in [0.1, 0.15) is 0 Å². The highest BCUT2D eigenvalue weighted by atomic mass is 35.5. The molecule has 1 aliphatic rings. The normalized spacial score (nSPS) is 16.7. The summed E-state index contributed by atoms with van der Waals surface area (Å²) < 4.78 is 2.39. The third kappa shape index (κ3) is 2.37. The van der Waals surface area contributed by atoms with Crippen LogP contribution in [0.1, 0.15) is 6.92 Å². The molecule has 0 amide bonds. The lowest BCUT2D eigenvalue weighted by molar-refractivity contribution is 0.683. The third-order valence-corrected chi connectivity index (χ3v) is 5.48. The number of rotatable bonds is 2. The summed E-state index contributed by atoms with van der Waals surface area (Å²) in [5, 5.41) is 2.79. The Bertz CT molecular complexity index is 805. The molecule has 0 unspecified atom stereocenters. The molecule has 0 N–H and O–H groups in total. The van der Waals surface area contributed by atoms with Crippen molar-refractivity contribution in [3.8, 4) is 22.3 Å². The number of fused-ring (bicyclic) bond motifs is 1. The molecule has 1 aliphatic heterocycles. The van der Waals surface area contributed by atoms with Crippen LogP contribution in [0, 0.1) is 0 Å². The first-order valence-corrected chi connectivity index (χ1v) is 8.69. The Morgan fingerprint density at radius 3 is 2.45 bits per heavy atom. The van der Waals surface area contributed by atoms with Gasteiger partial charge in [-0.25, -0.2) is 0 Å². The lowest BCUT2D eigenvalue weighted by atomic mass is 9.99. The number of benzene rings is 2. The Balaban J connectivity index is 1.92. The van der Waals surface area contributed by atoms with E-state index in [0.29, 0.717) is 5.25 Å². The van der Waals surface area contributed by atoms with Crippen molar-refractivity contribution in [2.75, 3.05) is 0 Å². The maximum Gasteiger partial charge on any atom is 0.0837 e. The fourth-order valence-electron chi connectivity index (χ4n) is 3.04. The van der Waals surface area contributed by atoms with Crippen LogP contribution < -0.4 is 0 Å². The minimum Gasteiger partial charge on any atom is -0.341 e. The maximum absolute atomic E-state index is 6.04. The summed E-state index contributed by atoms with van der Waals surface area (Å²) >= 11 is 8.01. The molecule has 2 aromatic carbocycles. The van der Waals surface area contributed by atoms with E-state index in [4.69, 9.17) is 11.6 Å². The molecule has 1 nitrogen and oxygen atoms in total. The average molecular weight is 326 g/mol. The molecule has 0 bridgehead atoms. The van der Waals surface area contributed by atoms with E-state index < -0.39 is 0 Å². The highest BCUT2D eigenvalue weighted by Gasteiger charge is 2.26. The standard InChI is InChI=1S/C19H16ClNS/c1-13-11-21-12-17(14-7-9-16(20)10-8-14)18(19(21)22-13)15-5-3-2-4-6-15/h2-10,12-13H,11H2,1H3/t13-/m1/s1. The zero-order valence-electron chi connectivity index (χ0n) is 12.3. The van der Waals surface area contributed by atoms with E-state index in [1.807, 2.05) is 23.9 Å². The molecule has 3 heteroatoms. The molecule has 0 aliphatic carbocycles. The molecule has 1 atom stereocenters. The van der Waals surface area contributed by atoms with Crippen molar-refractivity contribution in [1.82, 2.24) is 4.57 Å². The molecular weight excluding hydrogens is 310 g/mol. The lowest BCUT2D eigenvalue weighted by Crippen LogP contribution is -1.98. The van der Waals surface area contributed by atoms with E-state index in [1.54, 1.807) is 0 Å². The Hall–Kier alpha value is -1.64. The van der Waals surface area contributed by atoms with Crippen LogP contribution in [0.4, 0.5) is 0 Å². The number of halogens is 1. The van der Waals surface area contributed by atoms with Crippen molar-refractivity contribution in [2.45, 2.75) is 23.7 Å². The van der Waals surface area contributed by atoms with Crippen LogP contribution in [0.25, 0.3) is 22.3 Å². The van der Waals surface area contributed by atoms with Crippen molar-refractivity contribution < 1.29 is 0 Å². The van der Waals surface area contributed by atoms with Gasteiger partial charge in [0.25, 0.3) is 0 Å². The Kier molecular flexibility index (Phi) is 3.51.